The van der Waals surface area contributed by atoms with Crippen LogP contribution in [0.5, 0.6) is 0 Å². The normalized spacial score (nSPS) is 11.4. The van der Waals surface area contributed by atoms with Gasteiger partial charge in [-0.3, -0.25) is 14.5 Å². The molecule has 0 amide bonds. The van der Waals surface area contributed by atoms with Gasteiger partial charge in [-0.2, -0.15) is 4.52 Å². The highest BCUT2D eigenvalue weighted by atomic mass is 16.1. The Morgan fingerprint density at radius 2 is 1.88 bits per heavy atom. The van der Waals surface area contributed by atoms with Crippen LogP contribution in [0.15, 0.2) is 78.0 Å². The van der Waals surface area contributed by atoms with Crippen LogP contribution in [0.3, 0.4) is 0 Å². The molecule has 4 aromatic rings. The first-order valence-electron chi connectivity index (χ1n) is 8.01. The molecule has 0 unspecified atom stereocenters. The largest absolute Gasteiger partial charge is 0.279 e. The van der Waals surface area contributed by atoms with Crippen molar-refractivity contribution >= 4 is 17.8 Å². The van der Waals surface area contributed by atoms with E-state index in [-0.39, 0.29) is 5.56 Å². The quantitative estimate of drug-likeness (QED) is 0.578. The summed E-state index contributed by atoms with van der Waals surface area (Å²) in [6.07, 6.45) is 9.09. The zero-order valence-electron chi connectivity index (χ0n) is 13.5. The third-order valence-corrected chi connectivity index (χ3v) is 3.91. The Balaban J connectivity index is 1.67. The van der Waals surface area contributed by atoms with Gasteiger partial charge in [0.15, 0.2) is 5.65 Å². The van der Waals surface area contributed by atoms with Crippen LogP contribution in [0.25, 0.3) is 17.8 Å². The minimum absolute atomic E-state index is 0.100. The van der Waals surface area contributed by atoms with Gasteiger partial charge < -0.3 is 0 Å². The molecule has 0 radical (unpaired) electrons. The van der Waals surface area contributed by atoms with Gasteiger partial charge in [-0.05, 0) is 23.3 Å². The number of rotatable bonds is 4. The number of benzene rings is 1. The minimum Gasteiger partial charge on any atom is -0.279 e. The highest BCUT2D eigenvalue weighted by Gasteiger charge is 2.06. The predicted octanol–water partition coefficient (Wildman–Crippen LogP) is 3.11. The van der Waals surface area contributed by atoms with Crippen LogP contribution in [0, 0.1) is 0 Å². The second-order valence-corrected chi connectivity index (χ2v) is 5.71. The molecule has 5 heteroatoms. The summed E-state index contributed by atoms with van der Waals surface area (Å²) in [7, 11) is 0. The highest BCUT2D eigenvalue weighted by molar-refractivity contribution is 5.68. The van der Waals surface area contributed by atoms with Gasteiger partial charge in [-0.1, -0.05) is 42.5 Å². The smallest absolute Gasteiger partial charge is 0.273 e. The van der Waals surface area contributed by atoms with E-state index in [1.165, 1.54) is 0 Å². The summed E-state index contributed by atoms with van der Waals surface area (Å²) >= 11 is 0. The molecule has 122 valence electrons. The summed E-state index contributed by atoms with van der Waals surface area (Å²) in [5, 5.41) is 0. The molecule has 3 aromatic heterocycles. The highest BCUT2D eigenvalue weighted by Crippen LogP contribution is 2.08. The Morgan fingerprint density at radius 3 is 2.68 bits per heavy atom. The topological polar surface area (TPSA) is 52.2 Å². The lowest BCUT2D eigenvalue weighted by molar-refractivity contribution is 0.620. The number of pyridine rings is 1. The van der Waals surface area contributed by atoms with Crippen molar-refractivity contribution in [1.82, 2.24) is 19.2 Å². The fourth-order valence-corrected chi connectivity index (χ4v) is 2.73. The van der Waals surface area contributed by atoms with Crippen molar-refractivity contribution in [2.45, 2.75) is 6.54 Å². The third kappa shape index (κ3) is 3.26. The molecule has 25 heavy (non-hydrogen) atoms. The SMILES string of the molecule is O=c1cc(C=Cc2cccnc2)nc2ccn(Cc3ccccc3)n12. The number of nitrogens with zero attached hydrogens (tertiary/aromatic N) is 4. The van der Waals surface area contributed by atoms with Crippen LogP contribution in [-0.4, -0.2) is 19.2 Å². The molecule has 0 saturated heterocycles. The Labute approximate surface area is 144 Å². The molecule has 3 heterocycles. The van der Waals surface area contributed by atoms with Gasteiger partial charge in [0.05, 0.1) is 12.2 Å². The number of aromatic nitrogens is 4. The summed E-state index contributed by atoms with van der Waals surface area (Å²) in [5.74, 6) is 0. The standard InChI is InChI=1S/C20H16N4O/c25-20-13-18(9-8-16-7-4-11-21-14-16)22-19-10-12-23(24(19)20)15-17-5-2-1-3-6-17/h1-14H,15H2. The predicted molar refractivity (Wildman–Crippen MR) is 98.2 cm³/mol. The van der Waals surface area contributed by atoms with Gasteiger partial charge in [-0.25, -0.2) is 4.98 Å². The van der Waals surface area contributed by atoms with Crippen LogP contribution in [0.1, 0.15) is 16.8 Å². The van der Waals surface area contributed by atoms with Crippen LogP contribution < -0.4 is 5.56 Å². The monoisotopic (exact) mass is 328 g/mol. The Hall–Kier alpha value is -3.47. The van der Waals surface area contributed by atoms with E-state index < -0.39 is 0 Å². The van der Waals surface area contributed by atoms with Crippen molar-refractivity contribution in [2.24, 2.45) is 0 Å². The van der Waals surface area contributed by atoms with Gasteiger partial charge in [-0.15, -0.1) is 0 Å². The van der Waals surface area contributed by atoms with Crippen molar-refractivity contribution in [3.8, 4) is 0 Å². The fraction of sp³-hybridized carbons (Fsp3) is 0.0500. The van der Waals surface area contributed by atoms with Crippen LogP contribution in [0.4, 0.5) is 0 Å². The zero-order chi connectivity index (χ0) is 17.1. The molecule has 0 bridgehead atoms. The molecule has 0 N–H and O–H groups in total. The molecule has 5 nitrogen and oxygen atoms in total. The molecule has 0 aliphatic carbocycles. The summed E-state index contributed by atoms with van der Waals surface area (Å²) in [6.45, 7) is 0.622. The molecule has 0 aliphatic heterocycles. The van der Waals surface area contributed by atoms with Gasteiger partial charge in [0.1, 0.15) is 0 Å². The first kappa shape index (κ1) is 15.1. The van der Waals surface area contributed by atoms with Crippen LogP contribution in [-0.2, 0) is 6.54 Å². The maximum atomic E-state index is 12.5. The second-order valence-electron chi connectivity index (χ2n) is 5.71. The van der Waals surface area contributed by atoms with Gasteiger partial charge in [0.25, 0.3) is 5.56 Å². The Bertz CT molecular complexity index is 1080. The number of hydrogen-bond donors (Lipinski definition) is 0. The summed E-state index contributed by atoms with van der Waals surface area (Å²) < 4.78 is 3.46. The number of fused-ring (bicyclic) bond motifs is 1. The lowest BCUT2D eigenvalue weighted by Gasteiger charge is -2.06. The van der Waals surface area contributed by atoms with E-state index in [4.69, 9.17) is 0 Å². The Kier molecular flexibility index (Phi) is 3.96. The van der Waals surface area contributed by atoms with E-state index >= 15 is 0 Å². The van der Waals surface area contributed by atoms with E-state index in [0.717, 1.165) is 11.1 Å². The molecule has 0 saturated carbocycles. The van der Waals surface area contributed by atoms with Crippen molar-refractivity contribution < 1.29 is 0 Å². The average molecular weight is 328 g/mol. The first-order chi connectivity index (χ1) is 12.3. The van der Waals surface area contributed by atoms with E-state index in [1.54, 1.807) is 23.0 Å². The molecule has 1 aromatic carbocycles. The van der Waals surface area contributed by atoms with Gasteiger partial charge in [0.2, 0.25) is 0 Å². The fourth-order valence-electron chi connectivity index (χ4n) is 2.73. The van der Waals surface area contributed by atoms with E-state index in [2.05, 4.69) is 9.97 Å². The summed E-state index contributed by atoms with van der Waals surface area (Å²) in [4.78, 5) is 21.2. The number of hydrogen-bond acceptors (Lipinski definition) is 3. The van der Waals surface area contributed by atoms with Crippen LogP contribution >= 0.6 is 0 Å². The maximum absolute atomic E-state index is 12.5. The van der Waals surface area contributed by atoms with Crippen LogP contribution in [0.2, 0.25) is 0 Å². The molecule has 0 atom stereocenters. The van der Waals surface area contributed by atoms with E-state index in [9.17, 15) is 4.79 Å². The molecule has 4 rings (SSSR count). The molecular formula is C20H16N4O. The second kappa shape index (κ2) is 6.57. The van der Waals surface area contributed by atoms with Crippen molar-refractivity contribution in [2.75, 3.05) is 0 Å². The Morgan fingerprint density at radius 1 is 1.00 bits per heavy atom. The average Bonchev–Trinajstić information content (AvgIpc) is 3.05. The first-order valence-corrected chi connectivity index (χ1v) is 8.01. The molecular weight excluding hydrogens is 312 g/mol. The minimum atomic E-state index is -0.100. The summed E-state index contributed by atoms with van der Waals surface area (Å²) in [5.41, 5.74) is 3.26. The third-order valence-electron chi connectivity index (χ3n) is 3.91. The van der Waals surface area contributed by atoms with Gasteiger partial charge in [0, 0.05) is 30.7 Å². The van der Waals surface area contributed by atoms with Crippen molar-refractivity contribution in [3.63, 3.8) is 0 Å². The van der Waals surface area contributed by atoms with Gasteiger partial charge >= 0.3 is 0 Å². The summed E-state index contributed by atoms with van der Waals surface area (Å²) in [6, 6.07) is 17.2. The van der Waals surface area contributed by atoms with Crippen molar-refractivity contribution in [3.05, 3.63) is 100 Å². The lowest BCUT2D eigenvalue weighted by Crippen LogP contribution is -2.21. The van der Waals surface area contributed by atoms with E-state index in [1.807, 2.05) is 71.6 Å². The van der Waals surface area contributed by atoms with E-state index in [0.29, 0.717) is 17.9 Å². The molecule has 0 fully saturated rings. The zero-order valence-corrected chi connectivity index (χ0v) is 13.5. The molecule has 0 aliphatic rings. The maximum Gasteiger partial charge on any atom is 0.273 e. The van der Waals surface area contributed by atoms with Crippen molar-refractivity contribution in [1.29, 1.82) is 0 Å². The lowest BCUT2D eigenvalue weighted by atomic mass is 10.2. The molecule has 0 spiro atoms.